The van der Waals surface area contributed by atoms with E-state index in [0.29, 0.717) is 30.8 Å². The van der Waals surface area contributed by atoms with Gasteiger partial charge in [-0.25, -0.2) is 8.42 Å². The molecule has 0 saturated carbocycles. The van der Waals surface area contributed by atoms with Gasteiger partial charge in [-0.15, -0.1) is 0 Å². The van der Waals surface area contributed by atoms with Crippen molar-refractivity contribution in [1.29, 1.82) is 0 Å². The fourth-order valence-electron chi connectivity index (χ4n) is 2.68. The molecular weight excluding hydrogens is 314 g/mol. The molecular formula is C16H25N3O3S. The van der Waals surface area contributed by atoms with E-state index in [-0.39, 0.29) is 11.7 Å². The van der Waals surface area contributed by atoms with Gasteiger partial charge in [0.05, 0.1) is 17.0 Å². The van der Waals surface area contributed by atoms with Crippen molar-refractivity contribution in [3.63, 3.8) is 0 Å². The van der Waals surface area contributed by atoms with Crippen LogP contribution in [0.4, 0.5) is 5.69 Å². The standard InChI is InChI=1S/C16H25N3O3S/c1-3-13-23(21,22)17-15-8-6-5-7-14(15)16(20)19-11-9-18(4-2)10-12-19/h5-8,17H,3-4,9-13H2,1-2H3. The fraction of sp³-hybridized carbons (Fsp3) is 0.562. The summed E-state index contributed by atoms with van der Waals surface area (Å²) in [6, 6.07) is 6.81. The number of benzene rings is 1. The van der Waals surface area contributed by atoms with Crippen molar-refractivity contribution >= 4 is 21.6 Å². The van der Waals surface area contributed by atoms with Gasteiger partial charge in [0.2, 0.25) is 10.0 Å². The number of sulfonamides is 1. The van der Waals surface area contributed by atoms with E-state index in [1.165, 1.54) is 0 Å². The van der Waals surface area contributed by atoms with Crippen LogP contribution in [-0.2, 0) is 10.0 Å². The molecule has 0 radical (unpaired) electrons. The normalized spacial score (nSPS) is 16.3. The van der Waals surface area contributed by atoms with E-state index in [2.05, 4.69) is 16.5 Å². The highest BCUT2D eigenvalue weighted by atomic mass is 32.2. The Morgan fingerprint density at radius 3 is 2.39 bits per heavy atom. The first-order valence-electron chi connectivity index (χ1n) is 8.08. The molecule has 1 N–H and O–H groups in total. The molecule has 1 aliphatic rings. The van der Waals surface area contributed by atoms with Gasteiger partial charge in [0.25, 0.3) is 5.91 Å². The van der Waals surface area contributed by atoms with Crippen LogP contribution in [0.2, 0.25) is 0 Å². The summed E-state index contributed by atoms with van der Waals surface area (Å²) in [4.78, 5) is 16.8. The summed E-state index contributed by atoms with van der Waals surface area (Å²) >= 11 is 0. The average Bonchev–Trinajstić information content (AvgIpc) is 2.54. The molecule has 1 fully saturated rings. The van der Waals surface area contributed by atoms with Gasteiger partial charge < -0.3 is 9.80 Å². The van der Waals surface area contributed by atoms with Gasteiger partial charge in [0.15, 0.2) is 0 Å². The number of para-hydroxylation sites is 1. The predicted octanol–water partition coefficient (Wildman–Crippen LogP) is 1.62. The summed E-state index contributed by atoms with van der Waals surface area (Å²) in [5.41, 5.74) is 0.779. The van der Waals surface area contributed by atoms with Crippen molar-refractivity contribution in [1.82, 2.24) is 9.80 Å². The van der Waals surface area contributed by atoms with Crippen molar-refractivity contribution in [2.24, 2.45) is 0 Å². The second-order valence-corrected chi connectivity index (χ2v) is 7.53. The zero-order valence-corrected chi connectivity index (χ0v) is 14.6. The molecule has 128 valence electrons. The summed E-state index contributed by atoms with van der Waals surface area (Å²) < 4.78 is 26.5. The highest BCUT2D eigenvalue weighted by Gasteiger charge is 2.24. The van der Waals surface area contributed by atoms with Crippen LogP contribution in [0.1, 0.15) is 30.6 Å². The number of hydrogen-bond donors (Lipinski definition) is 1. The first kappa shape index (κ1) is 17.7. The SMILES string of the molecule is CCCS(=O)(=O)Nc1ccccc1C(=O)N1CCN(CC)CC1. The molecule has 1 aromatic carbocycles. The third kappa shape index (κ3) is 4.68. The van der Waals surface area contributed by atoms with Gasteiger partial charge in [-0.1, -0.05) is 26.0 Å². The van der Waals surface area contributed by atoms with Crippen LogP contribution in [0, 0.1) is 0 Å². The highest BCUT2D eigenvalue weighted by molar-refractivity contribution is 7.92. The number of amides is 1. The van der Waals surface area contributed by atoms with Gasteiger partial charge in [0.1, 0.15) is 0 Å². The highest BCUT2D eigenvalue weighted by Crippen LogP contribution is 2.20. The lowest BCUT2D eigenvalue weighted by molar-refractivity contribution is 0.0644. The molecule has 1 amide bonds. The largest absolute Gasteiger partial charge is 0.336 e. The number of hydrogen-bond acceptors (Lipinski definition) is 4. The van der Waals surface area contributed by atoms with E-state index in [4.69, 9.17) is 0 Å². The molecule has 1 aliphatic heterocycles. The van der Waals surface area contributed by atoms with E-state index in [1.54, 1.807) is 29.2 Å². The summed E-state index contributed by atoms with van der Waals surface area (Å²) in [7, 11) is -3.41. The predicted molar refractivity (Wildman–Crippen MR) is 92.2 cm³/mol. The summed E-state index contributed by atoms with van der Waals surface area (Å²) in [6.07, 6.45) is 0.532. The third-order valence-electron chi connectivity index (χ3n) is 4.00. The first-order valence-corrected chi connectivity index (χ1v) is 9.73. The number of nitrogens with one attached hydrogen (secondary N) is 1. The number of likely N-dealkylation sites (N-methyl/N-ethyl adjacent to an activating group) is 1. The van der Waals surface area contributed by atoms with Gasteiger partial charge in [0, 0.05) is 26.2 Å². The molecule has 0 unspecified atom stereocenters. The minimum absolute atomic E-state index is 0.0463. The Labute approximate surface area is 138 Å². The Kier molecular flexibility index (Phi) is 6.01. The van der Waals surface area contributed by atoms with Crippen LogP contribution in [0.15, 0.2) is 24.3 Å². The van der Waals surface area contributed by atoms with Crippen LogP contribution < -0.4 is 4.72 Å². The molecule has 0 aliphatic carbocycles. The maximum absolute atomic E-state index is 12.7. The Bertz CT molecular complexity index is 638. The molecule has 23 heavy (non-hydrogen) atoms. The Hall–Kier alpha value is -1.60. The fourth-order valence-corrected chi connectivity index (χ4v) is 3.84. The first-order chi connectivity index (χ1) is 11.0. The molecule has 1 saturated heterocycles. The Morgan fingerprint density at radius 1 is 1.13 bits per heavy atom. The Morgan fingerprint density at radius 2 is 1.78 bits per heavy atom. The lowest BCUT2D eigenvalue weighted by atomic mass is 10.1. The van der Waals surface area contributed by atoms with Crippen molar-refractivity contribution in [2.75, 3.05) is 43.2 Å². The topological polar surface area (TPSA) is 69.7 Å². The lowest BCUT2D eigenvalue weighted by Gasteiger charge is -2.34. The summed E-state index contributed by atoms with van der Waals surface area (Å²) in [6.45, 7) is 7.94. The van der Waals surface area contributed by atoms with Gasteiger partial charge in [-0.05, 0) is 25.1 Å². The van der Waals surface area contributed by atoms with Crippen LogP contribution in [0.5, 0.6) is 0 Å². The van der Waals surface area contributed by atoms with E-state index in [0.717, 1.165) is 19.6 Å². The lowest BCUT2D eigenvalue weighted by Crippen LogP contribution is -2.48. The van der Waals surface area contributed by atoms with Crippen LogP contribution in [0.3, 0.4) is 0 Å². The molecule has 1 aromatic rings. The summed E-state index contributed by atoms with van der Waals surface area (Å²) in [5.74, 6) is -0.0689. The van der Waals surface area contributed by atoms with Gasteiger partial charge in [-0.3, -0.25) is 9.52 Å². The molecule has 0 spiro atoms. The van der Waals surface area contributed by atoms with E-state index in [1.807, 2.05) is 6.92 Å². The maximum atomic E-state index is 12.7. The van der Waals surface area contributed by atoms with Crippen LogP contribution in [0.25, 0.3) is 0 Å². The van der Waals surface area contributed by atoms with Crippen molar-refractivity contribution in [3.8, 4) is 0 Å². The second-order valence-electron chi connectivity index (χ2n) is 5.69. The molecule has 0 atom stereocenters. The smallest absolute Gasteiger partial charge is 0.256 e. The number of anilines is 1. The molecule has 7 heteroatoms. The number of carbonyl (C=O) groups excluding carboxylic acids is 1. The van der Waals surface area contributed by atoms with E-state index in [9.17, 15) is 13.2 Å². The van der Waals surface area contributed by atoms with Crippen LogP contribution >= 0.6 is 0 Å². The number of piperazine rings is 1. The minimum Gasteiger partial charge on any atom is -0.336 e. The second kappa shape index (κ2) is 7.79. The number of nitrogens with zero attached hydrogens (tertiary/aromatic N) is 2. The number of carbonyl (C=O) groups is 1. The molecule has 0 aromatic heterocycles. The van der Waals surface area contributed by atoms with Crippen LogP contribution in [-0.4, -0.2) is 62.6 Å². The van der Waals surface area contributed by atoms with Gasteiger partial charge in [-0.2, -0.15) is 0 Å². The van der Waals surface area contributed by atoms with E-state index < -0.39 is 10.0 Å². The number of rotatable bonds is 6. The molecule has 2 rings (SSSR count). The molecule has 1 heterocycles. The van der Waals surface area contributed by atoms with E-state index >= 15 is 0 Å². The minimum atomic E-state index is -3.41. The quantitative estimate of drug-likeness (QED) is 0.855. The Balaban J connectivity index is 2.15. The van der Waals surface area contributed by atoms with Crippen molar-refractivity contribution in [3.05, 3.63) is 29.8 Å². The maximum Gasteiger partial charge on any atom is 0.256 e. The zero-order chi connectivity index (χ0) is 16.9. The monoisotopic (exact) mass is 339 g/mol. The van der Waals surface area contributed by atoms with Crippen molar-refractivity contribution in [2.45, 2.75) is 20.3 Å². The molecule has 0 bridgehead atoms. The third-order valence-corrected chi connectivity index (χ3v) is 5.48. The molecule has 6 nitrogen and oxygen atoms in total. The average molecular weight is 339 g/mol. The van der Waals surface area contributed by atoms with Crippen molar-refractivity contribution < 1.29 is 13.2 Å². The van der Waals surface area contributed by atoms with Gasteiger partial charge >= 0.3 is 0 Å². The zero-order valence-electron chi connectivity index (χ0n) is 13.8. The summed E-state index contributed by atoms with van der Waals surface area (Å²) in [5, 5.41) is 0.